The third-order valence-corrected chi connectivity index (χ3v) is 9.43. The Bertz CT molecular complexity index is 934. The van der Waals surface area contributed by atoms with Crippen molar-refractivity contribution in [3.8, 4) is 5.75 Å². The van der Waals surface area contributed by atoms with Crippen LogP contribution in [0, 0.1) is 0 Å². The molecule has 6 heteroatoms. The van der Waals surface area contributed by atoms with Crippen molar-refractivity contribution in [2.24, 2.45) is 0 Å². The maximum Gasteiger partial charge on any atom is 0.184 e. The van der Waals surface area contributed by atoms with E-state index in [4.69, 9.17) is 4.74 Å². The molecule has 1 heterocycles. The number of hydrogen-bond donors (Lipinski definition) is 0. The number of ether oxygens (including phenoxy) is 1. The number of piperazine rings is 1. The highest BCUT2D eigenvalue weighted by atomic mass is 32.2. The van der Waals surface area contributed by atoms with E-state index in [-0.39, 0.29) is 0 Å². The molecule has 0 bridgehead atoms. The third kappa shape index (κ3) is 4.21. The molecule has 2 aliphatic rings. The van der Waals surface area contributed by atoms with Crippen molar-refractivity contribution >= 4 is 15.5 Å². The summed E-state index contributed by atoms with van der Waals surface area (Å²) in [5.74, 6) is 0.889. The molecule has 1 saturated heterocycles. The lowest BCUT2D eigenvalue weighted by Crippen LogP contribution is -2.48. The fraction of sp³-hybridized carbons (Fsp3) is 0.500. The average Bonchev–Trinajstić information content (AvgIpc) is 2.76. The second-order valence-corrected chi connectivity index (χ2v) is 10.8. The van der Waals surface area contributed by atoms with Gasteiger partial charge >= 0.3 is 0 Å². The van der Waals surface area contributed by atoms with Crippen LogP contribution in [0.5, 0.6) is 5.75 Å². The van der Waals surface area contributed by atoms with Crippen molar-refractivity contribution in [1.29, 1.82) is 0 Å². The SMILES string of the molecule is COc1cccc(N2CCN(CCCC3(S(=O)(=O)c4ccccc4)CCC3)CC2)c1. The molecule has 162 valence electrons. The zero-order valence-corrected chi connectivity index (χ0v) is 18.6. The average molecular weight is 429 g/mol. The molecule has 1 aliphatic carbocycles. The monoisotopic (exact) mass is 428 g/mol. The van der Waals surface area contributed by atoms with Gasteiger partial charge in [-0.2, -0.15) is 0 Å². The van der Waals surface area contributed by atoms with Gasteiger partial charge in [-0.05, 0) is 56.5 Å². The van der Waals surface area contributed by atoms with Gasteiger partial charge in [0, 0.05) is 37.9 Å². The Hall–Kier alpha value is -2.05. The fourth-order valence-corrected chi connectivity index (χ4v) is 6.99. The second kappa shape index (κ2) is 8.98. The van der Waals surface area contributed by atoms with E-state index in [0.29, 0.717) is 4.90 Å². The molecule has 5 nitrogen and oxygen atoms in total. The predicted octanol–water partition coefficient (Wildman–Crippen LogP) is 3.99. The molecule has 0 aromatic heterocycles. The molecule has 0 spiro atoms. The number of methoxy groups -OCH3 is 1. The molecular formula is C24H32N2O3S. The highest BCUT2D eigenvalue weighted by molar-refractivity contribution is 7.93. The van der Waals surface area contributed by atoms with Gasteiger partial charge in [0.25, 0.3) is 0 Å². The van der Waals surface area contributed by atoms with E-state index in [1.807, 2.05) is 30.3 Å². The van der Waals surface area contributed by atoms with Crippen LogP contribution in [-0.2, 0) is 9.84 Å². The smallest absolute Gasteiger partial charge is 0.184 e. The molecule has 0 N–H and O–H groups in total. The van der Waals surface area contributed by atoms with E-state index in [1.54, 1.807) is 19.2 Å². The summed E-state index contributed by atoms with van der Waals surface area (Å²) in [5.41, 5.74) is 1.20. The molecule has 2 aromatic carbocycles. The zero-order valence-electron chi connectivity index (χ0n) is 17.8. The summed E-state index contributed by atoms with van der Waals surface area (Å²) in [6.45, 7) is 4.96. The van der Waals surface area contributed by atoms with Gasteiger partial charge in [-0.15, -0.1) is 0 Å². The molecule has 30 heavy (non-hydrogen) atoms. The second-order valence-electron chi connectivity index (χ2n) is 8.49. The van der Waals surface area contributed by atoms with Gasteiger partial charge in [0.15, 0.2) is 9.84 Å². The lowest BCUT2D eigenvalue weighted by Gasteiger charge is -2.42. The van der Waals surface area contributed by atoms with E-state index < -0.39 is 14.6 Å². The molecule has 2 fully saturated rings. The van der Waals surface area contributed by atoms with Crippen LogP contribution in [0.3, 0.4) is 0 Å². The van der Waals surface area contributed by atoms with Gasteiger partial charge < -0.3 is 9.64 Å². The number of rotatable bonds is 8. The lowest BCUT2D eigenvalue weighted by atomic mass is 9.81. The van der Waals surface area contributed by atoms with Crippen molar-refractivity contribution in [1.82, 2.24) is 4.90 Å². The molecule has 0 atom stereocenters. The van der Waals surface area contributed by atoms with Crippen molar-refractivity contribution in [3.63, 3.8) is 0 Å². The lowest BCUT2D eigenvalue weighted by molar-refractivity contribution is 0.234. The van der Waals surface area contributed by atoms with Crippen LogP contribution in [-0.4, -0.2) is 57.9 Å². The van der Waals surface area contributed by atoms with E-state index in [9.17, 15) is 8.42 Å². The van der Waals surface area contributed by atoms with Crippen LogP contribution >= 0.6 is 0 Å². The minimum atomic E-state index is -3.26. The highest BCUT2D eigenvalue weighted by Gasteiger charge is 2.48. The summed E-state index contributed by atoms with van der Waals surface area (Å²) in [5, 5.41) is 0. The van der Waals surface area contributed by atoms with Gasteiger partial charge in [-0.1, -0.05) is 30.7 Å². The molecule has 1 saturated carbocycles. The molecule has 0 unspecified atom stereocenters. The number of anilines is 1. The topological polar surface area (TPSA) is 49.9 Å². The first kappa shape index (κ1) is 21.2. The fourth-order valence-electron chi connectivity index (χ4n) is 4.74. The van der Waals surface area contributed by atoms with Gasteiger partial charge in [-0.3, -0.25) is 4.90 Å². The summed E-state index contributed by atoms with van der Waals surface area (Å²) in [4.78, 5) is 5.35. The normalized spacial score (nSPS) is 19.3. The molecule has 0 amide bonds. The first-order valence-electron chi connectivity index (χ1n) is 11.0. The van der Waals surface area contributed by atoms with E-state index in [0.717, 1.165) is 70.6 Å². The van der Waals surface area contributed by atoms with E-state index in [1.165, 1.54) is 5.69 Å². The van der Waals surface area contributed by atoms with E-state index >= 15 is 0 Å². The summed E-state index contributed by atoms with van der Waals surface area (Å²) >= 11 is 0. The van der Waals surface area contributed by atoms with Crippen molar-refractivity contribution < 1.29 is 13.2 Å². The minimum Gasteiger partial charge on any atom is -0.497 e. The largest absolute Gasteiger partial charge is 0.497 e. The Morgan fingerprint density at radius 1 is 0.967 bits per heavy atom. The van der Waals surface area contributed by atoms with Crippen molar-refractivity contribution in [3.05, 3.63) is 54.6 Å². The standard InChI is InChI=1S/C24H32N2O3S/c1-29-22-9-5-8-21(20-22)26-18-16-25(17-19-26)15-7-14-24(12-6-13-24)30(27,28)23-10-3-2-4-11-23/h2-5,8-11,20H,6-7,12-19H2,1H3. The van der Waals surface area contributed by atoms with Gasteiger partial charge in [0.1, 0.15) is 5.75 Å². The van der Waals surface area contributed by atoms with Gasteiger partial charge in [-0.25, -0.2) is 8.42 Å². The minimum absolute atomic E-state index is 0.483. The predicted molar refractivity (Wildman–Crippen MR) is 121 cm³/mol. The highest BCUT2D eigenvalue weighted by Crippen LogP contribution is 2.46. The molecule has 4 rings (SSSR count). The van der Waals surface area contributed by atoms with Crippen LogP contribution in [0.1, 0.15) is 32.1 Å². The van der Waals surface area contributed by atoms with Crippen LogP contribution in [0.25, 0.3) is 0 Å². The first-order valence-corrected chi connectivity index (χ1v) is 12.4. The molecule has 2 aromatic rings. The Labute approximate surface area is 180 Å². The first-order chi connectivity index (χ1) is 14.5. The number of benzene rings is 2. The maximum absolute atomic E-state index is 13.2. The van der Waals surface area contributed by atoms with Gasteiger partial charge in [0.05, 0.1) is 16.8 Å². The maximum atomic E-state index is 13.2. The summed E-state index contributed by atoms with van der Waals surface area (Å²) in [7, 11) is -1.56. The Balaban J connectivity index is 1.29. The Morgan fingerprint density at radius 2 is 1.70 bits per heavy atom. The summed E-state index contributed by atoms with van der Waals surface area (Å²) in [6.07, 6.45) is 4.32. The van der Waals surface area contributed by atoms with Crippen molar-refractivity contribution in [2.75, 3.05) is 44.7 Å². The Kier molecular flexibility index (Phi) is 6.34. The van der Waals surface area contributed by atoms with Crippen LogP contribution in [0.15, 0.2) is 59.5 Å². The molecule has 1 aliphatic heterocycles. The quantitative estimate of drug-likeness (QED) is 0.636. The zero-order chi connectivity index (χ0) is 21.0. The number of nitrogens with zero attached hydrogens (tertiary/aromatic N) is 2. The summed E-state index contributed by atoms with van der Waals surface area (Å²) in [6, 6.07) is 17.2. The third-order valence-electron chi connectivity index (χ3n) is 6.79. The number of hydrogen-bond acceptors (Lipinski definition) is 5. The van der Waals surface area contributed by atoms with Crippen molar-refractivity contribution in [2.45, 2.75) is 41.7 Å². The Morgan fingerprint density at radius 3 is 2.33 bits per heavy atom. The van der Waals surface area contributed by atoms with E-state index in [2.05, 4.69) is 21.9 Å². The molecular weight excluding hydrogens is 396 g/mol. The van der Waals surface area contributed by atoms with Crippen LogP contribution in [0.2, 0.25) is 0 Å². The summed E-state index contributed by atoms with van der Waals surface area (Å²) < 4.78 is 31.3. The van der Waals surface area contributed by atoms with Crippen LogP contribution < -0.4 is 9.64 Å². The molecule has 0 radical (unpaired) electrons. The van der Waals surface area contributed by atoms with Crippen LogP contribution in [0.4, 0.5) is 5.69 Å². The number of sulfone groups is 1. The van der Waals surface area contributed by atoms with Gasteiger partial charge in [0.2, 0.25) is 0 Å².